The van der Waals surface area contributed by atoms with Crippen molar-refractivity contribution in [3.63, 3.8) is 0 Å². The molecule has 0 bridgehead atoms. The van der Waals surface area contributed by atoms with Crippen LogP contribution in [0.15, 0.2) is 91.0 Å². The van der Waals surface area contributed by atoms with E-state index in [0.717, 1.165) is 0 Å². The van der Waals surface area contributed by atoms with E-state index in [2.05, 4.69) is 0 Å². The maximum atomic E-state index is 13.0. The highest BCUT2D eigenvalue weighted by Gasteiger charge is 2.19. The van der Waals surface area contributed by atoms with Crippen molar-refractivity contribution < 1.29 is 70.4 Å². The fourth-order valence-electron chi connectivity index (χ4n) is 5.93. The molecular formula is C51H59F3O12. The zero-order valence-corrected chi connectivity index (χ0v) is 37.1. The van der Waals surface area contributed by atoms with Gasteiger partial charge in [0.15, 0.2) is 6.10 Å². The van der Waals surface area contributed by atoms with E-state index in [1.807, 2.05) is 0 Å². The molecule has 66 heavy (non-hydrogen) atoms. The number of unbranched alkanes of at least 4 members (excludes halogenated alkanes) is 9. The summed E-state index contributed by atoms with van der Waals surface area (Å²) in [6.07, 6.45) is 15.0. The summed E-state index contributed by atoms with van der Waals surface area (Å²) in [4.78, 5) is 73.6. The third kappa shape index (κ3) is 27.0. The molecule has 0 atom stereocenters. The molecule has 15 heteroatoms. The third-order valence-corrected chi connectivity index (χ3v) is 9.56. The van der Waals surface area contributed by atoms with Crippen LogP contribution in [0.25, 0.3) is 18.2 Å². The fraction of sp³-hybridized carbons (Fsp3) is 0.412. The standard InChI is InChI=1S/C51H59F3O12/c52-42-25-16-39(17-26-42)22-31-48(57)61-34-10-4-1-7-13-46(55)64-37-45(66-51(60)15-9-3-6-12-36-63-50(59)33-24-41-20-29-44(54)30-21-41)38-65-47(56)14-8-2-5-11-35-62-49(58)32-23-40-18-27-43(53)28-19-40/h16-33,45H,1-15,34-38H2. The minimum atomic E-state index is -1.02. The average molecular weight is 921 g/mol. The van der Waals surface area contributed by atoms with Crippen molar-refractivity contribution in [1.82, 2.24) is 0 Å². The summed E-state index contributed by atoms with van der Waals surface area (Å²) in [5.41, 5.74) is 1.99. The van der Waals surface area contributed by atoms with Gasteiger partial charge < -0.3 is 28.4 Å². The van der Waals surface area contributed by atoms with E-state index in [1.54, 1.807) is 36.4 Å². The molecular weight excluding hydrogens is 862 g/mol. The molecule has 0 saturated heterocycles. The number of ether oxygens (including phenoxy) is 6. The molecule has 0 aliphatic heterocycles. The van der Waals surface area contributed by atoms with Crippen LogP contribution in [0.2, 0.25) is 0 Å². The van der Waals surface area contributed by atoms with Gasteiger partial charge in [0.1, 0.15) is 30.7 Å². The third-order valence-electron chi connectivity index (χ3n) is 9.56. The molecule has 0 aromatic heterocycles. The van der Waals surface area contributed by atoms with E-state index >= 15 is 0 Å². The Morgan fingerprint density at radius 3 is 0.985 bits per heavy atom. The van der Waals surface area contributed by atoms with E-state index in [1.165, 1.54) is 72.9 Å². The second kappa shape index (κ2) is 33.0. The number of hydrogen-bond donors (Lipinski definition) is 0. The number of hydrogen-bond acceptors (Lipinski definition) is 12. The second-order valence-electron chi connectivity index (χ2n) is 15.1. The van der Waals surface area contributed by atoms with Crippen LogP contribution >= 0.6 is 0 Å². The molecule has 356 valence electrons. The molecule has 0 unspecified atom stereocenters. The lowest BCUT2D eigenvalue weighted by Crippen LogP contribution is -2.30. The van der Waals surface area contributed by atoms with Crippen molar-refractivity contribution in [3.8, 4) is 0 Å². The van der Waals surface area contributed by atoms with Gasteiger partial charge in [-0.05, 0) is 110 Å². The first-order chi connectivity index (χ1) is 31.9. The monoisotopic (exact) mass is 920 g/mol. The number of esters is 6. The van der Waals surface area contributed by atoms with E-state index in [-0.39, 0.29) is 69.7 Å². The Morgan fingerprint density at radius 2 is 0.667 bits per heavy atom. The molecule has 12 nitrogen and oxygen atoms in total. The Kier molecular flexibility index (Phi) is 26.9. The van der Waals surface area contributed by atoms with Crippen LogP contribution in [0, 0.1) is 17.5 Å². The van der Waals surface area contributed by atoms with E-state index in [0.29, 0.717) is 93.7 Å². The molecule has 0 aliphatic rings. The predicted molar refractivity (Wildman–Crippen MR) is 240 cm³/mol. The smallest absolute Gasteiger partial charge is 0.330 e. The van der Waals surface area contributed by atoms with E-state index < -0.39 is 41.9 Å². The first-order valence-corrected chi connectivity index (χ1v) is 22.3. The molecule has 0 heterocycles. The zero-order valence-electron chi connectivity index (χ0n) is 37.1. The summed E-state index contributed by atoms with van der Waals surface area (Å²) >= 11 is 0. The van der Waals surface area contributed by atoms with Gasteiger partial charge in [-0.25, -0.2) is 27.6 Å². The lowest BCUT2D eigenvalue weighted by molar-refractivity contribution is -0.167. The SMILES string of the molecule is O=C(C=Cc1ccc(F)cc1)OCCCCCCC(=O)OCC(COC(=O)CCCCCCOC(=O)C=Cc1ccc(F)cc1)OC(=O)CCCCCCOC(=O)C=Cc1ccc(F)cc1. The maximum Gasteiger partial charge on any atom is 0.330 e. The quantitative estimate of drug-likeness (QED) is 0.0253. The number of benzene rings is 3. The summed E-state index contributed by atoms with van der Waals surface area (Å²) in [5, 5.41) is 0. The zero-order chi connectivity index (χ0) is 47.6. The molecule has 0 radical (unpaired) electrons. The first kappa shape index (κ1) is 53.8. The fourth-order valence-corrected chi connectivity index (χ4v) is 5.93. The molecule has 3 aromatic rings. The van der Waals surface area contributed by atoms with Crippen molar-refractivity contribution in [2.45, 2.75) is 102 Å². The van der Waals surface area contributed by atoms with Crippen LogP contribution in [-0.4, -0.2) is 75.0 Å². The van der Waals surface area contributed by atoms with Gasteiger partial charge in [0.2, 0.25) is 0 Å². The van der Waals surface area contributed by atoms with Gasteiger partial charge in [-0.3, -0.25) is 14.4 Å². The maximum absolute atomic E-state index is 13.0. The minimum absolute atomic E-state index is 0.0677. The molecule has 0 spiro atoms. The summed E-state index contributed by atoms with van der Waals surface area (Å²) in [6, 6.07) is 17.0. The van der Waals surface area contributed by atoms with Crippen molar-refractivity contribution >= 4 is 54.0 Å². The van der Waals surface area contributed by atoms with Crippen LogP contribution in [0.5, 0.6) is 0 Å². The summed E-state index contributed by atoms with van der Waals surface area (Å²) in [5.74, 6) is -4.25. The average Bonchev–Trinajstić information content (AvgIpc) is 3.30. The van der Waals surface area contributed by atoms with Gasteiger partial charge in [-0.2, -0.15) is 0 Å². The molecule has 0 saturated carbocycles. The van der Waals surface area contributed by atoms with Crippen LogP contribution in [0.3, 0.4) is 0 Å². The van der Waals surface area contributed by atoms with Gasteiger partial charge in [0.05, 0.1) is 19.8 Å². The molecule has 3 rings (SSSR count). The van der Waals surface area contributed by atoms with Gasteiger partial charge in [0, 0.05) is 37.5 Å². The molecule has 3 aromatic carbocycles. The summed E-state index contributed by atoms with van der Waals surface area (Å²) < 4.78 is 71.0. The van der Waals surface area contributed by atoms with Crippen molar-refractivity contribution in [2.75, 3.05) is 33.0 Å². The molecule has 0 aliphatic carbocycles. The summed E-state index contributed by atoms with van der Waals surface area (Å²) in [7, 11) is 0. The van der Waals surface area contributed by atoms with Crippen molar-refractivity contribution in [1.29, 1.82) is 0 Å². The van der Waals surface area contributed by atoms with Gasteiger partial charge in [0.25, 0.3) is 0 Å². The Hall–Kier alpha value is -6.51. The second-order valence-corrected chi connectivity index (χ2v) is 15.1. The predicted octanol–water partition coefficient (Wildman–Crippen LogP) is 10.0. The Balaban J connectivity index is 1.31. The van der Waals surface area contributed by atoms with E-state index in [4.69, 9.17) is 28.4 Å². The number of halogens is 3. The van der Waals surface area contributed by atoms with Crippen molar-refractivity contribution in [3.05, 3.63) is 125 Å². The Labute approximate surface area is 384 Å². The number of carbonyl (C=O) groups excluding carboxylic acids is 6. The highest BCUT2D eigenvalue weighted by Crippen LogP contribution is 2.12. The topological polar surface area (TPSA) is 158 Å². The van der Waals surface area contributed by atoms with Crippen molar-refractivity contribution in [2.24, 2.45) is 0 Å². The lowest BCUT2D eigenvalue weighted by Gasteiger charge is -2.18. The van der Waals surface area contributed by atoms with Crippen LogP contribution < -0.4 is 0 Å². The normalized spacial score (nSPS) is 11.7. The van der Waals surface area contributed by atoms with Gasteiger partial charge in [-0.1, -0.05) is 74.9 Å². The summed E-state index contributed by atoms with van der Waals surface area (Å²) in [6.45, 7) is -0.0168. The van der Waals surface area contributed by atoms with Gasteiger partial charge >= 0.3 is 35.8 Å². The van der Waals surface area contributed by atoms with Crippen LogP contribution in [-0.2, 0) is 57.2 Å². The minimum Gasteiger partial charge on any atom is -0.463 e. The van der Waals surface area contributed by atoms with Crippen LogP contribution in [0.4, 0.5) is 13.2 Å². The Morgan fingerprint density at radius 1 is 0.379 bits per heavy atom. The molecule has 0 fully saturated rings. The highest BCUT2D eigenvalue weighted by atomic mass is 19.1. The van der Waals surface area contributed by atoms with Crippen LogP contribution in [0.1, 0.15) is 113 Å². The Bertz CT molecular complexity index is 1910. The largest absolute Gasteiger partial charge is 0.463 e. The first-order valence-electron chi connectivity index (χ1n) is 22.3. The van der Waals surface area contributed by atoms with E-state index in [9.17, 15) is 41.9 Å². The number of carbonyl (C=O) groups is 6. The molecule has 0 N–H and O–H groups in total. The number of rotatable bonds is 32. The lowest BCUT2D eigenvalue weighted by atomic mass is 10.1. The highest BCUT2D eigenvalue weighted by molar-refractivity contribution is 5.88. The van der Waals surface area contributed by atoms with Gasteiger partial charge in [-0.15, -0.1) is 0 Å². The molecule has 0 amide bonds.